The molecule has 9 heteroatoms. The van der Waals surface area contributed by atoms with Gasteiger partial charge in [0.05, 0.1) is 5.92 Å². The van der Waals surface area contributed by atoms with Gasteiger partial charge in [-0.25, -0.2) is 9.97 Å². The van der Waals surface area contributed by atoms with E-state index >= 15 is 0 Å². The number of rotatable bonds is 6. The molecule has 1 aliphatic heterocycles. The number of halogens is 3. The first-order chi connectivity index (χ1) is 14.9. The number of carbonyl (C=O) groups is 1. The Morgan fingerprint density at radius 3 is 2.42 bits per heavy atom. The van der Waals surface area contributed by atoms with Gasteiger partial charge in [-0.1, -0.05) is 44.5 Å². The molecular formula is C24H34Cl3N5O. The molecule has 2 aliphatic rings. The summed E-state index contributed by atoms with van der Waals surface area (Å²) in [6, 6.07) is 7.98. The number of aryl methyl sites for hydroxylation is 1. The predicted octanol–water partition coefficient (Wildman–Crippen LogP) is 4.45. The van der Waals surface area contributed by atoms with Gasteiger partial charge in [-0.15, -0.1) is 24.8 Å². The molecule has 4 rings (SSSR count). The Hall–Kier alpha value is -1.60. The van der Waals surface area contributed by atoms with Crippen LogP contribution in [-0.2, 0) is 11.2 Å². The van der Waals surface area contributed by atoms with Crippen LogP contribution >= 0.6 is 36.4 Å². The molecular weight excluding hydrogens is 481 g/mol. The molecule has 1 N–H and O–H groups in total. The number of nitrogens with zero attached hydrogens (tertiary/aromatic N) is 4. The van der Waals surface area contributed by atoms with Crippen LogP contribution in [0.5, 0.6) is 0 Å². The van der Waals surface area contributed by atoms with Crippen LogP contribution in [0.3, 0.4) is 0 Å². The average molecular weight is 515 g/mol. The van der Waals surface area contributed by atoms with Gasteiger partial charge in [-0.3, -0.25) is 4.79 Å². The number of benzene rings is 1. The summed E-state index contributed by atoms with van der Waals surface area (Å²) in [5.74, 6) is 1.53. The second-order valence-electron chi connectivity index (χ2n) is 8.98. The number of carbonyl (C=O) groups excluding carboxylic acids is 1. The molecule has 1 amide bonds. The molecule has 2 aromatic rings. The lowest BCUT2D eigenvalue weighted by Gasteiger charge is -2.38. The Morgan fingerprint density at radius 2 is 1.79 bits per heavy atom. The third-order valence-corrected chi connectivity index (χ3v) is 6.70. The van der Waals surface area contributed by atoms with E-state index in [9.17, 15) is 4.79 Å². The van der Waals surface area contributed by atoms with Crippen LogP contribution < -0.4 is 10.2 Å². The minimum absolute atomic E-state index is 0. The van der Waals surface area contributed by atoms with Crippen molar-refractivity contribution in [2.24, 2.45) is 0 Å². The van der Waals surface area contributed by atoms with Crippen molar-refractivity contribution < 1.29 is 4.79 Å². The summed E-state index contributed by atoms with van der Waals surface area (Å²) >= 11 is 6.07. The third-order valence-electron chi connectivity index (χ3n) is 6.44. The summed E-state index contributed by atoms with van der Waals surface area (Å²) in [6.45, 7) is 10.1. The molecule has 1 aromatic heterocycles. The Balaban J connectivity index is 0.00000193. The summed E-state index contributed by atoms with van der Waals surface area (Å²) in [4.78, 5) is 26.9. The van der Waals surface area contributed by atoms with Crippen molar-refractivity contribution in [2.75, 3.05) is 37.6 Å². The number of hydrogen-bond acceptors (Lipinski definition) is 5. The molecule has 2 heterocycles. The van der Waals surface area contributed by atoms with Crippen molar-refractivity contribution in [3.63, 3.8) is 0 Å². The maximum absolute atomic E-state index is 13.5. The Labute approximate surface area is 214 Å². The van der Waals surface area contributed by atoms with Gasteiger partial charge >= 0.3 is 0 Å². The van der Waals surface area contributed by atoms with Gasteiger partial charge in [0.25, 0.3) is 0 Å². The number of hydrogen-bond donors (Lipinski definition) is 1. The zero-order valence-corrected chi connectivity index (χ0v) is 21.8. The molecule has 0 radical (unpaired) electrons. The number of nitrogens with one attached hydrogen (secondary N) is 1. The second-order valence-corrected chi connectivity index (χ2v) is 9.41. The molecule has 33 heavy (non-hydrogen) atoms. The highest BCUT2D eigenvalue weighted by Gasteiger charge is 2.32. The summed E-state index contributed by atoms with van der Waals surface area (Å²) in [7, 11) is 0. The molecule has 1 aliphatic carbocycles. The molecule has 0 bridgehead atoms. The van der Waals surface area contributed by atoms with Gasteiger partial charge in [0, 0.05) is 55.0 Å². The summed E-state index contributed by atoms with van der Waals surface area (Å²) < 4.78 is 0. The molecule has 0 unspecified atom stereocenters. The minimum atomic E-state index is -0.213. The van der Waals surface area contributed by atoms with Crippen molar-refractivity contribution >= 4 is 48.1 Å². The molecule has 1 saturated heterocycles. The smallest absolute Gasteiger partial charge is 0.231 e. The SMILES string of the molecule is CC(C)NC[C@@H](C(=O)N1CCN(c2ncnc3c2[C@H](C)CC3)CC1)c1ccc(Cl)cc1.Cl.Cl. The van der Waals surface area contributed by atoms with Crippen LogP contribution in [0.2, 0.25) is 5.02 Å². The summed E-state index contributed by atoms with van der Waals surface area (Å²) in [5, 5.41) is 4.13. The van der Waals surface area contributed by atoms with Crippen molar-refractivity contribution in [3.05, 3.63) is 52.4 Å². The Morgan fingerprint density at radius 1 is 1.12 bits per heavy atom. The van der Waals surface area contributed by atoms with Crippen molar-refractivity contribution in [1.82, 2.24) is 20.2 Å². The fourth-order valence-corrected chi connectivity index (χ4v) is 4.76. The van der Waals surface area contributed by atoms with E-state index in [-0.39, 0.29) is 36.6 Å². The standard InChI is InChI=1S/C24H32ClN5O.2ClH/c1-16(2)26-14-20(18-5-7-19(25)8-6-18)24(31)30-12-10-29(11-13-30)23-22-17(3)4-9-21(22)27-15-28-23;;/h5-8,15-17,20,26H,4,9-14H2,1-3H3;2*1H/t17-,20-;;/m1../s1. The topological polar surface area (TPSA) is 61.4 Å². The minimum Gasteiger partial charge on any atom is -0.353 e. The second kappa shape index (κ2) is 12.2. The van der Waals surface area contributed by atoms with Crippen LogP contribution in [0.4, 0.5) is 5.82 Å². The fraction of sp³-hybridized carbons (Fsp3) is 0.542. The lowest BCUT2D eigenvalue weighted by atomic mass is 9.96. The van der Waals surface area contributed by atoms with E-state index in [2.05, 4.69) is 41.0 Å². The number of aromatic nitrogens is 2. The maximum Gasteiger partial charge on any atom is 0.231 e. The van der Waals surface area contributed by atoms with Crippen molar-refractivity contribution in [2.45, 2.75) is 51.5 Å². The van der Waals surface area contributed by atoms with Gasteiger partial charge in [0.1, 0.15) is 12.1 Å². The molecule has 2 atom stereocenters. The normalized spacial score (nSPS) is 18.4. The highest BCUT2D eigenvalue weighted by atomic mass is 35.5. The third kappa shape index (κ3) is 6.30. The highest BCUT2D eigenvalue weighted by Crippen LogP contribution is 2.37. The van der Waals surface area contributed by atoms with E-state index in [1.165, 1.54) is 11.3 Å². The molecule has 0 spiro atoms. The first kappa shape index (κ1) is 27.6. The van der Waals surface area contributed by atoms with Crippen LogP contribution in [0.15, 0.2) is 30.6 Å². The van der Waals surface area contributed by atoms with Gasteiger partial charge in [0.2, 0.25) is 5.91 Å². The lowest BCUT2D eigenvalue weighted by Crippen LogP contribution is -2.51. The molecule has 1 aromatic carbocycles. The van der Waals surface area contributed by atoms with Crippen molar-refractivity contribution in [1.29, 1.82) is 0 Å². The monoisotopic (exact) mass is 513 g/mol. The van der Waals surface area contributed by atoms with E-state index in [0.29, 0.717) is 36.6 Å². The van der Waals surface area contributed by atoms with Crippen LogP contribution in [0.25, 0.3) is 0 Å². The van der Waals surface area contributed by atoms with Gasteiger partial charge in [0.15, 0.2) is 0 Å². The summed E-state index contributed by atoms with van der Waals surface area (Å²) in [5.41, 5.74) is 3.51. The highest BCUT2D eigenvalue weighted by molar-refractivity contribution is 6.30. The molecule has 6 nitrogen and oxygen atoms in total. The van der Waals surface area contributed by atoms with E-state index in [4.69, 9.17) is 11.6 Å². The van der Waals surface area contributed by atoms with Crippen LogP contribution in [0, 0.1) is 0 Å². The van der Waals surface area contributed by atoms with E-state index in [1.807, 2.05) is 29.2 Å². The largest absolute Gasteiger partial charge is 0.353 e. The quantitative estimate of drug-likeness (QED) is 0.617. The van der Waals surface area contributed by atoms with Gasteiger partial charge in [-0.2, -0.15) is 0 Å². The summed E-state index contributed by atoms with van der Waals surface area (Å²) in [6.07, 6.45) is 3.87. The molecule has 1 fully saturated rings. The van der Waals surface area contributed by atoms with E-state index < -0.39 is 0 Å². The van der Waals surface area contributed by atoms with Gasteiger partial charge in [-0.05, 0) is 36.5 Å². The van der Waals surface area contributed by atoms with Crippen LogP contribution in [0.1, 0.15) is 55.8 Å². The first-order valence-corrected chi connectivity index (χ1v) is 11.7. The number of amides is 1. The molecule has 182 valence electrons. The number of anilines is 1. The fourth-order valence-electron chi connectivity index (χ4n) is 4.63. The van der Waals surface area contributed by atoms with E-state index in [0.717, 1.165) is 37.3 Å². The zero-order valence-electron chi connectivity index (χ0n) is 19.5. The van der Waals surface area contributed by atoms with Gasteiger partial charge < -0.3 is 15.1 Å². The lowest BCUT2D eigenvalue weighted by molar-refractivity contribution is -0.133. The van der Waals surface area contributed by atoms with E-state index in [1.54, 1.807) is 6.33 Å². The zero-order chi connectivity index (χ0) is 22.0. The van der Waals surface area contributed by atoms with Crippen LogP contribution in [-0.4, -0.2) is 59.5 Å². The number of piperazine rings is 1. The van der Waals surface area contributed by atoms with Crippen molar-refractivity contribution in [3.8, 4) is 0 Å². The Bertz CT molecular complexity index is 917. The predicted molar refractivity (Wildman–Crippen MR) is 139 cm³/mol. The average Bonchev–Trinajstić information content (AvgIpc) is 3.16. The molecule has 0 saturated carbocycles. The Kier molecular flexibility index (Phi) is 10.2. The maximum atomic E-state index is 13.5. The number of fused-ring (bicyclic) bond motifs is 1. The first-order valence-electron chi connectivity index (χ1n) is 11.3.